The summed E-state index contributed by atoms with van der Waals surface area (Å²) < 4.78 is 2.28. The number of nitrogens with zero attached hydrogens (tertiary/aromatic N) is 1. The number of hydrogen-bond acceptors (Lipinski definition) is 4. The van der Waals surface area contributed by atoms with E-state index in [9.17, 15) is 19.2 Å². The van der Waals surface area contributed by atoms with Crippen LogP contribution in [0.1, 0.15) is 25.8 Å². The summed E-state index contributed by atoms with van der Waals surface area (Å²) in [6, 6.07) is 4.51. The second-order valence-corrected chi connectivity index (χ2v) is 7.12. The molecule has 1 saturated heterocycles. The number of fused-ring (bicyclic) bond motifs is 1. The van der Waals surface area contributed by atoms with Crippen LogP contribution in [0, 0.1) is 0 Å². The number of aromatic nitrogens is 1. The number of carbonyl (C=O) groups excluding carboxylic acids is 3. The Labute approximate surface area is 131 Å². The van der Waals surface area contributed by atoms with E-state index in [1.807, 2.05) is 0 Å². The molecule has 7 nitrogen and oxygen atoms in total. The minimum absolute atomic E-state index is 0.212. The van der Waals surface area contributed by atoms with Gasteiger partial charge < -0.3 is 0 Å². The number of benzene rings is 1. The van der Waals surface area contributed by atoms with Gasteiger partial charge in [0.25, 0.3) is 0 Å². The zero-order valence-electron chi connectivity index (χ0n) is 11.7. The van der Waals surface area contributed by atoms with Crippen molar-refractivity contribution in [2.45, 2.75) is 25.8 Å². The molecular weight excluding hydrogens is 353 g/mol. The number of nitrogens with one attached hydrogen (secondary N) is 2. The third kappa shape index (κ3) is 2.51. The summed E-state index contributed by atoms with van der Waals surface area (Å²) in [4.78, 5) is 47.0. The van der Waals surface area contributed by atoms with E-state index in [0.717, 1.165) is 4.26 Å². The summed E-state index contributed by atoms with van der Waals surface area (Å²) in [7, 11) is 0. The second kappa shape index (κ2) is 5.55. The Balaban J connectivity index is 2.10. The van der Waals surface area contributed by atoms with Crippen LogP contribution >= 0.6 is 0 Å². The molecule has 1 aliphatic heterocycles. The van der Waals surface area contributed by atoms with Gasteiger partial charge in [0.2, 0.25) is 0 Å². The van der Waals surface area contributed by atoms with Crippen molar-refractivity contribution in [3.8, 4) is 0 Å². The van der Waals surface area contributed by atoms with E-state index in [1.165, 1.54) is 10.5 Å². The van der Waals surface area contributed by atoms with Crippen LogP contribution in [0.15, 0.2) is 23.0 Å². The Kier molecular flexibility index (Phi) is 3.72. The van der Waals surface area contributed by atoms with Gasteiger partial charge in [0.15, 0.2) is 0 Å². The van der Waals surface area contributed by atoms with Gasteiger partial charge in [-0.15, -0.1) is 0 Å². The van der Waals surface area contributed by atoms with Crippen LogP contribution in [0.3, 0.4) is 0 Å². The molecule has 1 aliphatic rings. The molecule has 2 aromatic rings. The maximum atomic E-state index is 12.5. The van der Waals surface area contributed by atoms with Crippen LogP contribution in [0.5, 0.6) is 0 Å². The fourth-order valence-electron chi connectivity index (χ4n) is 2.46. The first-order valence-corrected chi connectivity index (χ1v) is 8.35. The Hall–Kier alpha value is -2.18. The molecule has 2 heterocycles. The van der Waals surface area contributed by atoms with Gasteiger partial charge in [-0.05, 0) is 0 Å². The first-order chi connectivity index (χ1) is 10.5. The van der Waals surface area contributed by atoms with Crippen molar-refractivity contribution in [3.05, 3.63) is 28.6 Å². The Morgan fingerprint density at radius 3 is 2.82 bits per heavy atom. The van der Waals surface area contributed by atoms with E-state index in [-0.39, 0.29) is 23.8 Å². The molecule has 1 atom stereocenters. The zero-order valence-corrected chi connectivity index (χ0v) is 13.4. The molecule has 0 bridgehead atoms. The minimum atomic E-state index is -0.622. The summed E-state index contributed by atoms with van der Waals surface area (Å²) in [6.45, 7) is 1.40. The molecule has 0 aliphatic carbocycles. The monoisotopic (exact) mass is 367 g/mol. The molecule has 1 aromatic heterocycles. The number of carbonyl (C=O) groups is 3. The van der Waals surface area contributed by atoms with E-state index in [4.69, 9.17) is 0 Å². The number of anilines is 1. The maximum absolute atomic E-state index is 12.5. The predicted octanol–water partition coefficient (Wildman–Crippen LogP) is -0.00540. The van der Waals surface area contributed by atoms with E-state index < -0.39 is 26.7 Å². The summed E-state index contributed by atoms with van der Waals surface area (Å²) in [6.07, 6.45) is 0.562. The molecule has 1 fully saturated rings. The van der Waals surface area contributed by atoms with E-state index >= 15 is 0 Å². The fraction of sp³-hybridized carbons (Fsp3) is 0.286. The van der Waals surface area contributed by atoms with Crippen molar-refractivity contribution in [2.75, 3.05) is 5.32 Å². The normalized spacial score (nSPS) is 18.3. The molecule has 114 valence electrons. The number of rotatable bonds is 2. The van der Waals surface area contributed by atoms with Gasteiger partial charge in [-0.25, -0.2) is 0 Å². The molecule has 22 heavy (non-hydrogen) atoms. The topological polar surface area (TPSA) is 97.3 Å². The number of amides is 3. The van der Waals surface area contributed by atoms with Gasteiger partial charge in [0.1, 0.15) is 0 Å². The van der Waals surface area contributed by atoms with Gasteiger partial charge in [0, 0.05) is 0 Å². The third-order valence-electron chi connectivity index (χ3n) is 3.44. The average Bonchev–Trinajstić information content (AvgIpc) is 2.77. The molecular formula is C14H13N3O4Se. The predicted molar refractivity (Wildman–Crippen MR) is 80.9 cm³/mol. The Bertz CT molecular complexity index is 851. The van der Waals surface area contributed by atoms with Crippen LogP contribution in [-0.2, 0) is 14.4 Å². The summed E-state index contributed by atoms with van der Waals surface area (Å²) in [5.74, 6) is -0.951. The first kappa shape index (κ1) is 14.7. The van der Waals surface area contributed by atoms with E-state index in [2.05, 4.69) is 10.6 Å². The van der Waals surface area contributed by atoms with Crippen LogP contribution in [0.4, 0.5) is 5.69 Å². The quantitative estimate of drug-likeness (QED) is 0.577. The third-order valence-corrected chi connectivity index (χ3v) is 6.04. The summed E-state index contributed by atoms with van der Waals surface area (Å²) in [5.41, 5.74) is 0.379. The summed E-state index contributed by atoms with van der Waals surface area (Å²) in [5, 5.41) is 5.49. The van der Waals surface area contributed by atoms with Crippen LogP contribution in [0.2, 0.25) is 0 Å². The van der Waals surface area contributed by atoms with E-state index in [0.29, 0.717) is 17.5 Å². The van der Waals surface area contributed by atoms with Gasteiger partial charge in [-0.3, -0.25) is 0 Å². The average molecular weight is 366 g/mol. The van der Waals surface area contributed by atoms with Gasteiger partial charge >= 0.3 is 131 Å². The standard InChI is InChI=1S/C14H13N3O4Se/c1-7(18)15-9-4-2-3-8-12(9)22-17(14(8)21)10-5-6-11(19)16-13(10)20/h2-4,10H,5-6H2,1H3,(H,15,18)(H,16,19,20). The molecule has 1 aromatic carbocycles. The molecule has 8 heteroatoms. The molecule has 0 radical (unpaired) electrons. The fourth-order valence-corrected chi connectivity index (χ4v) is 4.93. The molecule has 1 unspecified atom stereocenters. The zero-order chi connectivity index (χ0) is 15.9. The van der Waals surface area contributed by atoms with Crippen molar-refractivity contribution >= 4 is 47.8 Å². The van der Waals surface area contributed by atoms with E-state index in [1.54, 1.807) is 18.2 Å². The molecule has 0 saturated carbocycles. The number of hydrogen-bond donors (Lipinski definition) is 2. The Morgan fingerprint density at radius 2 is 2.14 bits per heavy atom. The van der Waals surface area contributed by atoms with Crippen LogP contribution < -0.4 is 16.2 Å². The van der Waals surface area contributed by atoms with Crippen molar-refractivity contribution in [1.29, 1.82) is 0 Å². The summed E-state index contributed by atoms with van der Waals surface area (Å²) >= 11 is -0.409. The van der Waals surface area contributed by atoms with Crippen LogP contribution in [-0.4, -0.2) is 36.0 Å². The Morgan fingerprint density at radius 1 is 1.36 bits per heavy atom. The number of imide groups is 1. The molecule has 0 spiro atoms. The van der Waals surface area contributed by atoms with Crippen molar-refractivity contribution in [1.82, 2.24) is 8.88 Å². The number of piperidine rings is 1. The molecule has 3 rings (SSSR count). The van der Waals surface area contributed by atoms with Gasteiger partial charge in [-0.2, -0.15) is 0 Å². The second-order valence-electron chi connectivity index (χ2n) is 5.05. The van der Waals surface area contributed by atoms with Crippen molar-refractivity contribution in [2.24, 2.45) is 0 Å². The molecule has 2 N–H and O–H groups in total. The van der Waals surface area contributed by atoms with Crippen molar-refractivity contribution in [3.63, 3.8) is 0 Å². The van der Waals surface area contributed by atoms with Crippen molar-refractivity contribution < 1.29 is 14.4 Å². The van der Waals surface area contributed by atoms with Gasteiger partial charge in [0.05, 0.1) is 0 Å². The van der Waals surface area contributed by atoms with Gasteiger partial charge in [-0.1, -0.05) is 0 Å². The SMILES string of the molecule is CC(=O)Nc1cccc2c(=O)n(C3CCC(=O)NC3=O)[se]c12. The first-order valence-electron chi connectivity index (χ1n) is 6.73. The molecule has 3 amide bonds. The van der Waals surface area contributed by atoms with Crippen LogP contribution in [0.25, 0.3) is 9.65 Å².